The van der Waals surface area contributed by atoms with Crippen LogP contribution in [-0.4, -0.2) is 21.5 Å². The van der Waals surface area contributed by atoms with E-state index < -0.39 is 12.2 Å². The molecule has 1 unspecified atom stereocenters. The number of imide groups is 1. The molecule has 2 heterocycles. The predicted molar refractivity (Wildman–Crippen MR) is 37.9 cm³/mol. The molecule has 62 valence electrons. The third kappa shape index (κ3) is 0.931. The molecule has 0 radical (unpaired) electrons. The lowest BCUT2D eigenvalue weighted by Crippen LogP contribution is -2.25. The third-order valence-corrected chi connectivity index (χ3v) is 1.58. The summed E-state index contributed by atoms with van der Waals surface area (Å²) in [6, 6.07) is -0.473. The van der Waals surface area contributed by atoms with Gasteiger partial charge in [0.05, 0.1) is 6.33 Å². The Hall–Kier alpha value is -1.85. The van der Waals surface area contributed by atoms with Crippen LogP contribution in [0.15, 0.2) is 18.7 Å². The predicted octanol–water partition coefficient (Wildman–Crippen LogP) is -0.779. The Balaban J connectivity index is 2.26. The fourth-order valence-corrected chi connectivity index (χ4v) is 1.04. The first-order valence-electron chi connectivity index (χ1n) is 3.36. The summed E-state index contributed by atoms with van der Waals surface area (Å²) in [4.78, 5) is 25.5. The molecule has 1 aliphatic rings. The molecule has 1 atom stereocenters. The highest BCUT2D eigenvalue weighted by Gasteiger charge is 2.30. The van der Waals surface area contributed by atoms with Crippen LogP contribution in [0.3, 0.4) is 0 Å². The van der Waals surface area contributed by atoms with Gasteiger partial charge in [-0.2, -0.15) is 0 Å². The van der Waals surface area contributed by atoms with Crippen molar-refractivity contribution in [1.29, 1.82) is 0 Å². The number of amides is 3. The van der Waals surface area contributed by atoms with Crippen molar-refractivity contribution >= 4 is 11.9 Å². The second kappa shape index (κ2) is 2.33. The minimum Gasteiger partial charge on any atom is -0.309 e. The van der Waals surface area contributed by atoms with E-state index in [1.807, 2.05) is 0 Å². The summed E-state index contributed by atoms with van der Waals surface area (Å²) >= 11 is 0. The van der Waals surface area contributed by atoms with Gasteiger partial charge in [0.15, 0.2) is 6.17 Å². The SMILES string of the molecule is O=C1NC(=O)C(n2ccnc2)N1. The van der Waals surface area contributed by atoms with Crippen LogP contribution in [-0.2, 0) is 4.79 Å². The summed E-state index contributed by atoms with van der Waals surface area (Å²) in [5.41, 5.74) is 0. The highest BCUT2D eigenvalue weighted by molar-refractivity contribution is 6.02. The van der Waals surface area contributed by atoms with Crippen molar-refractivity contribution in [2.75, 3.05) is 0 Å². The largest absolute Gasteiger partial charge is 0.323 e. The van der Waals surface area contributed by atoms with Gasteiger partial charge in [-0.1, -0.05) is 0 Å². The van der Waals surface area contributed by atoms with Gasteiger partial charge in [-0.15, -0.1) is 0 Å². The fourth-order valence-electron chi connectivity index (χ4n) is 1.04. The van der Waals surface area contributed by atoms with Gasteiger partial charge in [0.1, 0.15) is 0 Å². The summed E-state index contributed by atoms with van der Waals surface area (Å²) in [5, 5.41) is 4.55. The van der Waals surface area contributed by atoms with Crippen LogP contribution >= 0.6 is 0 Å². The number of hydrogen-bond acceptors (Lipinski definition) is 3. The third-order valence-electron chi connectivity index (χ3n) is 1.58. The molecule has 1 fully saturated rings. The van der Waals surface area contributed by atoms with Crippen molar-refractivity contribution in [3.8, 4) is 0 Å². The molecule has 2 rings (SSSR count). The smallest absolute Gasteiger partial charge is 0.309 e. The van der Waals surface area contributed by atoms with E-state index in [1.54, 1.807) is 6.20 Å². The number of carbonyl (C=O) groups excluding carboxylic acids is 2. The number of hydrogen-bond donors (Lipinski definition) is 2. The van der Waals surface area contributed by atoms with Crippen LogP contribution < -0.4 is 10.6 Å². The maximum atomic E-state index is 11.0. The molecule has 1 saturated heterocycles. The first kappa shape index (κ1) is 6.84. The number of aromatic nitrogens is 2. The van der Waals surface area contributed by atoms with Gasteiger partial charge in [0.25, 0.3) is 5.91 Å². The molecule has 6 heteroatoms. The molecule has 0 bridgehead atoms. The number of urea groups is 1. The summed E-state index contributed by atoms with van der Waals surface area (Å²) in [7, 11) is 0. The van der Waals surface area contributed by atoms with Crippen molar-refractivity contribution < 1.29 is 9.59 Å². The first-order chi connectivity index (χ1) is 5.77. The zero-order chi connectivity index (χ0) is 8.55. The summed E-state index contributed by atoms with van der Waals surface area (Å²) in [6.45, 7) is 0. The average Bonchev–Trinajstić information content (AvgIpc) is 2.58. The number of nitrogens with zero attached hydrogens (tertiary/aromatic N) is 2. The van der Waals surface area contributed by atoms with Crippen LogP contribution in [0.25, 0.3) is 0 Å². The Morgan fingerprint density at radius 2 is 2.33 bits per heavy atom. The molecule has 0 spiro atoms. The highest BCUT2D eigenvalue weighted by Crippen LogP contribution is 2.05. The normalized spacial score (nSPS) is 22.2. The molecule has 2 N–H and O–H groups in total. The standard InChI is InChI=1S/C6H6N4O2/c11-5-4(8-6(12)9-5)10-2-1-7-3-10/h1-4H,(H2,8,9,11,12). The monoisotopic (exact) mass is 166 g/mol. The molecule has 12 heavy (non-hydrogen) atoms. The van der Waals surface area contributed by atoms with Crippen molar-refractivity contribution in [1.82, 2.24) is 20.2 Å². The van der Waals surface area contributed by atoms with Crippen LogP contribution in [0.5, 0.6) is 0 Å². The van der Waals surface area contributed by atoms with Crippen LogP contribution in [0, 0.1) is 0 Å². The van der Waals surface area contributed by atoms with Crippen molar-refractivity contribution in [3.63, 3.8) is 0 Å². The van der Waals surface area contributed by atoms with Gasteiger partial charge in [0, 0.05) is 12.4 Å². The summed E-state index contributed by atoms with van der Waals surface area (Å²) in [6.07, 6.45) is 3.96. The van der Waals surface area contributed by atoms with Crippen molar-refractivity contribution in [3.05, 3.63) is 18.7 Å². The molecular formula is C6H6N4O2. The minimum atomic E-state index is -0.653. The molecule has 1 aromatic rings. The maximum absolute atomic E-state index is 11.0. The molecule has 0 saturated carbocycles. The highest BCUT2D eigenvalue weighted by atomic mass is 16.2. The number of nitrogens with one attached hydrogen (secondary N) is 2. The Bertz CT molecular complexity index is 318. The van der Waals surface area contributed by atoms with E-state index in [-0.39, 0.29) is 5.91 Å². The molecule has 0 aromatic carbocycles. The number of imidazole rings is 1. The second-order valence-corrected chi connectivity index (χ2v) is 2.38. The zero-order valence-electron chi connectivity index (χ0n) is 6.02. The lowest BCUT2D eigenvalue weighted by Gasteiger charge is -2.06. The number of carbonyl (C=O) groups is 2. The Labute approximate surface area is 67.6 Å². The van der Waals surface area contributed by atoms with E-state index in [9.17, 15) is 9.59 Å². The van der Waals surface area contributed by atoms with Crippen LogP contribution in [0.2, 0.25) is 0 Å². The van der Waals surface area contributed by atoms with E-state index in [0.717, 1.165) is 0 Å². The topological polar surface area (TPSA) is 76.0 Å². The molecular weight excluding hydrogens is 160 g/mol. The van der Waals surface area contributed by atoms with Gasteiger partial charge in [-0.05, 0) is 0 Å². The number of rotatable bonds is 1. The van der Waals surface area contributed by atoms with E-state index in [4.69, 9.17) is 0 Å². The van der Waals surface area contributed by atoms with Gasteiger partial charge in [-0.25, -0.2) is 9.78 Å². The van der Waals surface area contributed by atoms with Gasteiger partial charge in [-0.3, -0.25) is 10.1 Å². The minimum absolute atomic E-state index is 0.363. The second-order valence-electron chi connectivity index (χ2n) is 2.38. The Morgan fingerprint density at radius 1 is 1.50 bits per heavy atom. The van der Waals surface area contributed by atoms with Gasteiger partial charge in [0.2, 0.25) is 0 Å². The lowest BCUT2D eigenvalue weighted by atomic mass is 10.5. The van der Waals surface area contributed by atoms with E-state index >= 15 is 0 Å². The van der Waals surface area contributed by atoms with Gasteiger partial charge >= 0.3 is 6.03 Å². The summed E-state index contributed by atoms with van der Waals surface area (Å²) < 4.78 is 1.51. The van der Waals surface area contributed by atoms with Crippen LogP contribution in [0.4, 0.5) is 4.79 Å². The molecule has 3 amide bonds. The zero-order valence-corrected chi connectivity index (χ0v) is 6.02. The van der Waals surface area contributed by atoms with E-state index in [2.05, 4.69) is 15.6 Å². The summed E-state index contributed by atoms with van der Waals surface area (Å²) in [5.74, 6) is -0.363. The fraction of sp³-hybridized carbons (Fsp3) is 0.167. The molecule has 1 aliphatic heterocycles. The average molecular weight is 166 g/mol. The van der Waals surface area contributed by atoms with E-state index in [1.165, 1.54) is 17.1 Å². The van der Waals surface area contributed by atoms with Gasteiger partial charge < -0.3 is 9.88 Å². The van der Waals surface area contributed by atoms with Crippen LogP contribution in [0.1, 0.15) is 6.17 Å². The van der Waals surface area contributed by atoms with Crippen molar-refractivity contribution in [2.24, 2.45) is 0 Å². The Morgan fingerprint density at radius 3 is 2.83 bits per heavy atom. The maximum Gasteiger partial charge on any atom is 0.323 e. The molecule has 6 nitrogen and oxygen atoms in total. The van der Waals surface area contributed by atoms with Crippen molar-refractivity contribution in [2.45, 2.75) is 6.17 Å². The quantitative estimate of drug-likeness (QED) is 0.537. The first-order valence-corrected chi connectivity index (χ1v) is 3.36. The molecule has 0 aliphatic carbocycles. The molecule has 1 aromatic heterocycles. The lowest BCUT2D eigenvalue weighted by molar-refractivity contribution is -0.121. The van der Waals surface area contributed by atoms with E-state index in [0.29, 0.717) is 0 Å². The Kier molecular flexibility index (Phi) is 1.33.